The van der Waals surface area contributed by atoms with Gasteiger partial charge in [0, 0.05) is 18.2 Å². The molecule has 1 atom stereocenters. The molecule has 7 nitrogen and oxygen atoms in total. The van der Waals surface area contributed by atoms with Crippen LogP contribution >= 0.6 is 0 Å². The predicted molar refractivity (Wildman–Crippen MR) is 133 cm³/mol. The Hall–Kier alpha value is -3.93. The molecule has 0 aliphatic carbocycles. The minimum Gasteiger partial charge on any atom is -0.365 e. The largest absolute Gasteiger partial charge is 0.433 e. The molecule has 196 valence electrons. The number of alkyl halides is 3. The summed E-state index contributed by atoms with van der Waals surface area (Å²) >= 11 is 0. The molecule has 3 N–H and O–H groups in total. The monoisotopic (exact) mass is 536 g/mol. The molecule has 2 aromatic carbocycles. The molecule has 37 heavy (non-hydrogen) atoms. The minimum absolute atomic E-state index is 0.0492. The van der Waals surface area contributed by atoms with E-state index in [1.807, 2.05) is 6.07 Å². The first-order valence-corrected chi connectivity index (χ1v) is 12.8. The van der Waals surface area contributed by atoms with Gasteiger partial charge in [-0.3, -0.25) is 9.52 Å². The molecule has 0 saturated carbocycles. The Morgan fingerprint density at radius 2 is 1.78 bits per heavy atom. The van der Waals surface area contributed by atoms with Crippen molar-refractivity contribution in [3.8, 4) is 0 Å². The first kappa shape index (κ1) is 27.7. The molecular weight excluding hydrogens is 512 g/mol. The molecule has 1 unspecified atom stereocenters. The zero-order valence-electron chi connectivity index (χ0n) is 19.8. The van der Waals surface area contributed by atoms with Crippen LogP contribution < -0.4 is 15.4 Å². The summed E-state index contributed by atoms with van der Waals surface area (Å²) in [6.07, 6.45) is -1.29. The van der Waals surface area contributed by atoms with Crippen molar-refractivity contribution in [1.29, 1.82) is 0 Å². The van der Waals surface area contributed by atoms with Crippen LogP contribution in [-0.4, -0.2) is 25.6 Å². The predicted octanol–water partition coefficient (Wildman–Crippen LogP) is 5.11. The number of pyridine rings is 1. The molecule has 1 aromatic heterocycles. The normalized spacial score (nSPS) is 12.8. The van der Waals surface area contributed by atoms with Crippen LogP contribution in [0.15, 0.2) is 66.7 Å². The second-order valence-corrected chi connectivity index (χ2v) is 9.90. The topological polar surface area (TPSA) is 100 Å². The summed E-state index contributed by atoms with van der Waals surface area (Å²) < 4.78 is 78.5. The van der Waals surface area contributed by atoms with E-state index in [2.05, 4.69) is 20.3 Å². The lowest BCUT2D eigenvalue weighted by molar-refractivity contribution is -0.141. The van der Waals surface area contributed by atoms with Crippen molar-refractivity contribution in [3.63, 3.8) is 0 Å². The number of anilines is 2. The first-order valence-electron chi connectivity index (χ1n) is 10.9. The first-order chi connectivity index (χ1) is 17.3. The van der Waals surface area contributed by atoms with Crippen molar-refractivity contribution in [2.24, 2.45) is 0 Å². The van der Waals surface area contributed by atoms with Gasteiger partial charge in [-0.25, -0.2) is 17.8 Å². The summed E-state index contributed by atoms with van der Waals surface area (Å²) in [6, 6.07) is 14.2. The van der Waals surface area contributed by atoms with E-state index in [4.69, 9.17) is 0 Å². The summed E-state index contributed by atoms with van der Waals surface area (Å²) in [5.74, 6) is -1.45. The second kappa shape index (κ2) is 11.4. The Morgan fingerprint density at radius 1 is 1.08 bits per heavy atom. The van der Waals surface area contributed by atoms with E-state index in [-0.39, 0.29) is 23.6 Å². The second-order valence-electron chi connectivity index (χ2n) is 8.15. The molecular formula is C25H24F4N4O3S. The van der Waals surface area contributed by atoms with E-state index in [0.29, 0.717) is 5.56 Å². The molecule has 3 aromatic rings. The molecule has 12 heteroatoms. The van der Waals surface area contributed by atoms with Crippen LogP contribution in [0.4, 0.5) is 29.1 Å². The maximum absolute atomic E-state index is 14.3. The molecule has 0 aliphatic heterocycles. The molecule has 1 heterocycles. The molecule has 1 amide bonds. The van der Waals surface area contributed by atoms with E-state index in [1.54, 1.807) is 31.2 Å². The van der Waals surface area contributed by atoms with Crippen LogP contribution in [0.2, 0.25) is 0 Å². The molecule has 0 bridgehead atoms. The number of carbonyl (C=O) groups is 1. The number of carbonyl (C=O) groups excluding carboxylic acids is 1. The Labute approximate surface area is 211 Å². The summed E-state index contributed by atoms with van der Waals surface area (Å²) in [6.45, 7) is 1.81. The van der Waals surface area contributed by atoms with E-state index in [0.717, 1.165) is 30.0 Å². The summed E-state index contributed by atoms with van der Waals surface area (Å²) in [4.78, 5) is 16.1. The van der Waals surface area contributed by atoms with Gasteiger partial charge in [-0.15, -0.1) is 0 Å². The van der Waals surface area contributed by atoms with Gasteiger partial charge >= 0.3 is 6.18 Å². The van der Waals surface area contributed by atoms with Gasteiger partial charge in [-0.1, -0.05) is 36.4 Å². The third-order valence-corrected chi connectivity index (χ3v) is 5.67. The van der Waals surface area contributed by atoms with Crippen molar-refractivity contribution in [2.45, 2.75) is 25.7 Å². The lowest BCUT2D eigenvalue weighted by atomic mass is 10.1. The highest BCUT2D eigenvalue weighted by Crippen LogP contribution is 2.30. The number of halogens is 4. The fourth-order valence-corrected chi connectivity index (χ4v) is 3.84. The Balaban J connectivity index is 1.73. The van der Waals surface area contributed by atoms with Crippen molar-refractivity contribution >= 4 is 33.5 Å². The van der Waals surface area contributed by atoms with Crippen molar-refractivity contribution in [2.75, 3.05) is 16.3 Å². The SMILES string of the molecule is CC(NC(=O)C=Cc1ccc(C(F)(F)F)nc1NCc1ccccc1)c1ccc(NS(C)(=O)=O)c(F)c1. The van der Waals surface area contributed by atoms with Gasteiger partial charge in [0.05, 0.1) is 18.0 Å². The average molecular weight is 537 g/mol. The molecule has 0 radical (unpaired) electrons. The van der Waals surface area contributed by atoms with Gasteiger partial charge in [0.15, 0.2) is 0 Å². The third kappa shape index (κ3) is 8.31. The van der Waals surface area contributed by atoms with Gasteiger partial charge in [-0.05, 0) is 48.4 Å². The lowest BCUT2D eigenvalue weighted by Crippen LogP contribution is -2.24. The fourth-order valence-electron chi connectivity index (χ4n) is 3.28. The summed E-state index contributed by atoms with van der Waals surface area (Å²) in [7, 11) is -3.66. The highest BCUT2D eigenvalue weighted by molar-refractivity contribution is 7.92. The van der Waals surface area contributed by atoms with Crippen molar-refractivity contribution in [1.82, 2.24) is 10.3 Å². The Morgan fingerprint density at radius 3 is 2.41 bits per heavy atom. The van der Waals surface area contributed by atoms with Crippen LogP contribution in [0.5, 0.6) is 0 Å². The number of nitrogens with zero attached hydrogens (tertiary/aromatic N) is 1. The maximum atomic E-state index is 14.3. The van der Waals surface area contributed by atoms with Crippen LogP contribution in [0.1, 0.15) is 35.3 Å². The van der Waals surface area contributed by atoms with Crippen LogP contribution in [-0.2, 0) is 27.5 Å². The smallest absolute Gasteiger partial charge is 0.365 e. The van der Waals surface area contributed by atoms with Gasteiger partial charge in [0.1, 0.15) is 17.3 Å². The molecule has 0 fully saturated rings. The van der Waals surface area contributed by atoms with Crippen molar-refractivity contribution < 1.29 is 30.8 Å². The Bertz CT molecular complexity index is 1390. The van der Waals surface area contributed by atoms with Crippen molar-refractivity contribution in [3.05, 3.63) is 94.9 Å². The van der Waals surface area contributed by atoms with Crippen LogP contribution in [0.3, 0.4) is 0 Å². The van der Waals surface area contributed by atoms with E-state index in [1.165, 1.54) is 24.3 Å². The van der Waals surface area contributed by atoms with E-state index in [9.17, 15) is 30.8 Å². The highest BCUT2D eigenvalue weighted by Gasteiger charge is 2.33. The highest BCUT2D eigenvalue weighted by atomic mass is 32.2. The number of aromatic nitrogens is 1. The number of benzene rings is 2. The van der Waals surface area contributed by atoms with Gasteiger partial charge in [0.25, 0.3) is 0 Å². The number of nitrogens with one attached hydrogen (secondary N) is 3. The quantitative estimate of drug-likeness (QED) is 0.261. The molecule has 0 saturated heterocycles. The molecule has 0 aliphatic rings. The van der Waals surface area contributed by atoms with E-state index >= 15 is 0 Å². The number of rotatable bonds is 9. The van der Waals surface area contributed by atoms with Gasteiger partial charge in [-0.2, -0.15) is 13.2 Å². The third-order valence-electron chi connectivity index (χ3n) is 5.08. The van der Waals surface area contributed by atoms with Crippen LogP contribution in [0, 0.1) is 5.82 Å². The van der Waals surface area contributed by atoms with Gasteiger partial charge < -0.3 is 10.6 Å². The number of hydrogen-bond acceptors (Lipinski definition) is 5. The van der Waals surface area contributed by atoms with Gasteiger partial charge in [0.2, 0.25) is 15.9 Å². The minimum atomic E-state index is -4.64. The average Bonchev–Trinajstić information content (AvgIpc) is 2.82. The standard InChI is InChI=1S/C25H24F4N4O3S/c1-16(19-8-11-21(20(26)14-19)33-37(2,35)36)31-23(34)13-10-18-9-12-22(25(27,28)29)32-24(18)30-15-17-6-4-3-5-7-17/h3-14,16,33H,15H2,1-2H3,(H,30,32)(H,31,34). The summed E-state index contributed by atoms with van der Waals surface area (Å²) in [5.41, 5.74) is 0.158. The molecule has 0 spiro atoms. The maximum Gasteiger partial charge on any atom is 0.433 e. The number of amides is 1. The summed E-state index contributed by atoms with van der Waals surface area (Å²) in [5, 5.41) is 5.50. The fraction of sp³-hybridized carbons (Fsp3) is 0.200. The van der Waals surface area contributed by atoms with Crippen LogP contribution in [0.25, 0.3) is 6.08 Å². The van der Waals surface area contributed by atoms with E-state index < -0.39 is 39.7 Å². The zero-order valence-corrected chi connectivity index (χ0v) is 20.6. The Kier molecular flexibility index (Phi) is 8.53. The molecule has 3 rings (SSSR count). The number of sulfonamides is 1. The zero-order chi connectivity index (χ0) is 27.2. The number of hydrogen-bond donors (Lipinski definition) is 3. The lowest BCUT2D eigenvalue weighted by Gasteiger charge is -2.15.